The molecule has 0 aromatic carbocycles. The summed E-state index contributed by atoms with van der Waals surface area (Å²) < 4.78 is 0. The van der Waals surface area contributed by atoms with Gasteiger partial charge in [-0.05, 0) is 49.9 Å². The predicted octanol–water partition coefficient (Wildman–Crippen LogP) is 2.76. The molecule has 3 rings (SSSR count). The lowest BCUT2D eigenvalue weighted by Gasteiger charge is -2.30. The van der Waals surface area contributed by atoms with Crippen LogP contribution in [0.5, 0.6) is 0 Å². The molecule has 2 aliphatic carbocycles. The maximum absolute atomic E-state index is 12.5. The minimum absolute atomic E-state index is 0.0788. The van der Waals surface area contributed by atoms with Crippen LogP contribution < -0.4 is 5.32 Å². The molecular weight excluding hydrogens is 236 g/mol. The minimum atomic E-state index is 0.0788. The average Bonchev–Trinajstić information content (AvgIpc) is 3.08. The highest BCUT2D eigenvalue weighted by atomic mass is 16.2. The van der Waals surface area contributed by atoms with Gasteiger partial charge in [0.05, 0.1) is 12.2 Å². The minimum Gasteiger partial charge on any atom is -0.326 e. The second kappa shape index (κ2) is 5.43. The molecule has 3 aliphatic rings. The molecule has 3 nitrogen and oxygen atoms in total. The van der Waals surface area contributed by atoms with Crippen LogP contribution in [0.3, 0.4) is 0 Å². The Labute approximate surface area is 117 Å². The molecule has 5 atom stereocenters. The molecule has 1 N–H and O–H groups in total. The van der Waals surface area contributed by atoms with Crippen molar-refractivity contribution in [2.75, 3.05) is 6.54 Å². The van der Waals surface area contributed by atoms with Gasteiger partial charge in [-0.3, -0.25) is 10.1 Å². The standard InChI is InChI=1S/C16H28N2O/c1-3-5-15-17-14(4-2)16(19)18(15)10-13-9-11-6-7-12(13)8-11/h11-15,17H,3-10H2,1-2H3. The van der Waals surface area contributed by atoms with E-state index in [4.69, 9.17) is 0 Å². The number of nitrogens with zero attached hydrogens (tertiary/aromatic N) is 1. The maximum atomic E-state index is 12.5. The summed E-state index contributed by atoms with van der Waals surface area (Å²) in [6.07, 6.45) is 9.16. The number of carbonyl (C=O) groups is 1. The number of hydrogen-bond donors (Lipinski definition) is 1. The van der Waals surface area contributed by atoms with E-state index in [9.17, 15) is 4.79 Å². The highest BCUT2D eigenvalue weighted by molar-refractivity contribution is 5.84. The van der Waals surface area contributed by atoms with Crippen molar-refractivity contribution in [3.05, 3.63) is 0 Å². The Hall–Kier alpha value is -0.570. The van der Waals surface area contributed by atoms with Gasteiger partial charge in [-0.2, -0.15) is 0 Å². The number of fused-ring (bicyclic) bond motifs is 2. The Balaban J connectivity index is 1.65. The van der Waals surface area contributed by atoms with Gasteiger partial charge in [0.1, 0.15) is 0 Å². The molecule has 0 aromatic rings. The van der Waals surface area contributed by atoms with Crippen LogP contribution in [-0.2, 0) is 4.79 Å². The monoisotopic (exact) mass is 264 g/mol. The first-order valence-electron chi connectivity index (χ1n) is 8.29. The second-order valence-corrected chi connectivity index (χ2v) is 6.86. The average molecular weight is 264 g/mol. The molecule has 1 heterocycles. The van der Waals surface area contributed by atoms with Crippen LogP contribution >= 0.6 is 0 Å². The number of hydrogen-bond acceptors (Lipinski definition) is 2. The van der Waals surface area contributed by atoms with Gasteiger partial charge < -0.3 is 4.90 Å². The molecule has 1 aliphatic heterocycles. The molecule has 19 heavy (non-hydrogen) atoms. The number of carbonyl (C=O) groups excluding carboxylic acids is 1. The van der Waals surface area contributed by atoms with Crippen molar-refractivity contribution < 1.29 is 4.79 Å². The largest absolute Gasteiger partial charge is 0.326 e. The molecule has 2 bridgehead atoms. The normalized spacial score (nSPS) is 41.5. The Morgan fingerprint density at radius 2 is 2.11 bits per heavy atom. The Morgan fingerprint density at radius 3 is 2.68 bits per heavy atom. The highest BCUT2D eigenvalue weighted by Gasteiger charge is 2.44. The fourth-order valence-corrected chi connectivity index (χ4v) is 4.62. The van der Waals surface area contributed by atoms with Crippen LogP contribution in [0.2, 0.25) is 0 Å². The fraction of sp³-hybridized carbons (Fsp3) is 0.938. The summed E-state index contributed by atoms with van der Waals surface area (Å²) in [5.74, 6) is 3.05. The zero-order chi connectivity index (χ0) is 13.4. The molecular formula is C16H28N2O. The van der Waals surface area contributed by atoms with Crippen molar-refractivity contribution in [1.29, 1.82) is 0 Å². The lowest BCUT2D eigenvalue weighted by Crippen LogP contribution is -2.41. The predicted molar refractivity (Wildman–Crippen MR) is 76.6 cm³/mol. The summed E-state index contributed by atoms with van der Waals surface area (Å²) in [5, 5.41) is 3.54. The van der Waals surface area contributed by atoms with Crippen molar-refractivity contribution in [3.8, 4) is 0 Å². The number of amides is 1. The van der Waals surface area contributed by atoms with Crippen LogP contribution in [0.15, 0.2) is 0 Å². The van der Waals surface area contributed by atoms with E-state index in [1.54, 1.807) is 0 Å². The molecule has 1 saturated heterocycles. The van der Waals surface area contributed by atoms with Crippen molar-refractivity contribution in [1.82, 2.24) is 10.2 Å². The van der Waals surface area contributed by atoms with E-state index in [1.165, 1.54) is 25.7 Å². The molecule has 0 radical (unpaired) electrons. The zero-order valence-electron chi connectivity index (χ0n) is 12.4. The lowest BCUT2D eigenvalue weighted by molar-refractivity contribution is -0.131. The zero-order valence-corrected chi connectivity index (χ0v) is 12.4. The van der Waals surface area contributed by atoms with Gasteiger partial charge in [-0.15, -0.1) is 0 Å². The van der Waals surface area contributed by atoms with Gasteiger partial charge >= 0.3 is 0 Å². The van der Waals surface area contributed by atoms with Gasteiger partial charge in [0.15, 0.2) is 0 Å². The molecule has 0 spiro atoms. The third-order valence-corrected chi connectivity index (χ3v) is 5.64. The summed E-state index contributed by atoms with van der Waals surface area (Å²) in [6, 6.07) is 0.0788. The molecule has 3 fully saturated rings. The third-order valence-electron chi connectivity index (χ3n) is 5.64. The Morgan fingerprint density at radius 1 is 1.26 bits per heavy atom. The van der Waals surface area contributed by atoms with E-state index in [1.807, 2.05) is 0 Å². The van der Waals surface area contributed by atoms with E-state index in [2.05, 4.69) is 24.1 Å². The molecule has 2 saturated carbocycles. The van der Waals surface area contributed by atoms with Gasteiger partial charge in [0.2, 0.25) is 5.91 Å². The van der Waals surface area contributed by atoms with Crippen molar-refractivity contribution in [2.45, 2.75) is 71.0 Å². The second-order valence-electron chi connectivity index (χ2n) is 6.86. The number of rotatable bonds is 5. The quantitative estimate of drug-likeness (QED) is 0.828. The third kappa shape index (κ3) is 2.42. The van der Waals surface area contributed by atoms with E-state index >= 15 is 0 Å². The Kier molecular flexibility index (Phi) is 3.84. The molecule has 0 aromatic heterocycles. The molecule has 5 unspecified atom stereocenters. The van der Waals surface area contributed by atoms with E-state index in [-0.39, 0.29) is 6.04 Å². The van der Waals surface area contributed by atoms with Crippen LogP contribution in [0.1, 0.15) is 58.8 Å². The van der Waals surface area contributed by atoms with E-state index in [0.717, 1.165) is 43.6 Å². The van der Waals surface area contributed by atoms with Crippen molar-refractivity contribution in [3.63, 3.8) is 0 Å². The molecule has 3 heteroatoms. The van der Waals surface area contributed by atoms with Crippen LogP contribution in [-0.4, -0.2) is 29.6 Å². The number of nitrogens with one attached hydrogen (secondary N) is 1. The topological polar surface area (TPSA) is 32.3 Å². The van der Waals surface area contributed by atoms with Gasteiger partial charge in [0, 0.05) is 6.54 Å². The van der Waals surface area contributed by atoms with Crippen LogP contribution in [0.4, 0.5) is 0 Å². The SMILES string of the molecule is CCCC1NC(CC)C(=O)N1CC1CC2CCC1C2. The first kappa shape index (κ1) is 13.4. The molecule has 108 valence electrons. The summed E-state index contributed by atoms with van der Waals surface area (Å²) in [7, 11) is 0. The van der Waals surface area contributed by atoms with Crippen molar-refractivity contribution >= 4 is 5.91 Å². The van der Waals surface area contributed by atoms with E-state index in [0.29, 0.717) is 12.1 Å². The summed E-state index contributed by atoms with van der Waals surface area (Å²) in [6.45, 7) is 5.34. The van der Waals surface area contributed by atoms with E-state index < -0.39 is 0 Å². The smallest absolute Gasteiger partial charge is 0.241 e. The van der Waals surface area contributed by atoms with Crippen molar-refractivity contribution in [2.24, 2.45) is 17.8 Å². The maximum Gasteiger partial charge on any atom is 0.241 e. The van der Waals surface area contributed by atoms with Gasteiger partial charge in [-0.1, -0.05) is 26.7 Å². The van der Waals surface area contributed by atoms with Gasteiger partial charge in [-0.25, -0.2) is 0 Å². The van der Waals surface area contributed by atoms with Gasteiger partial charge in [0.25, 0.3) is 0 Å². The summed E-state index contributed by atoms with van der Waals surface area (Å²) >= 11 is 0. The lowest BCUT2D eigenvalue weighted by atomic mass is 9.88. The first-order chi connectivity index (χ1) is 9.22. The van der Waals surface area contributed by atoms with Crippen LogP contribution in [0, 0.1) is 17.8 Å². The van der Waals surface area contributed by atoms with Crippen LogP contribution in [0.25, 0.3) is 0 Å². The molecule has 1 amide bonds. The fourth-order valence-electron chi connectivity index (χ4n) is 4.62. The first-order valence-corrected chi connectivity index (χ1v) is 8.29. The Bertz CT molecular complexity index is 344. The summed E-state index contributed by atoms with van der Waals surface area (Å²) in [4.78, 5) is 14.7. The summed E-state index contributed by atoms with van der Waals surface area (Å²) in [5.41, 5.74) is 0. The highest BCUT2D eigenvalue weighted by Crippen LogP contribution is 2.48.